The van der Waals surface area contributed by atoms with E-state index in [1.54, 1.807) is 5.06 Å². The molecule has 326 valence electrons. The number of benzene rings is 1. The molecular formula is C47H69N3O9. The molecule has 4 heterocycles. The van der Waals surface area contributed by atoms with E-state index < -0.39 is 47.6 Å². The van der Waals surface area contributed by atoms with Crippen molar-refractivity contribution in [1.82, 2.24) is 15.7 Å². The molecule has 59 heavy (non-hydrogen) atoms. The van der Waals surface area contributed by atoms with Crippen LogP contribution < -0.4 is 10.6 Å². The van der Waals surface area contributed by atoms with Crippen LogP contribution >= 0.6 is 0 Å². The lowest BCUT2D eigenvalue weighted by Gasteiger charge is -2.53. The Hall–Kier alpha value is -2.87. The van der Waals surface area contributed by atoms with Crippen LogP contribution in [0.25, 0.3) is 6.08 Å². The number of rotatable bonds is 17. The third-order valence-corrected chi connectivity index (χ3v) is 15.1. The SMILES string of the molecule is CCCCCC1(CCCCC)OC2C3CC4(C(=O)NCCC(=O)NCCO)C(ON(Cc5ccc(C=C6CCC7OC7(C)CCC7C6CC7(C)C)cc5)C4C(=O)O3)C2O1. The molecule has 12 heteroatoms. The minimum Gasteiger partial charge on any atom is -0.458 e. The highest BCUT2D eigenvalue weighted by Crippen LogP contribution is 2.60. The van der Waals surface area contributed by atoms with Crippen molar-refractivity contribution < 1.29 is 43.3 Å². The summed E-state index contributed by atoms with van der Waals surface area (Å²) in [4.78, 5) is 48.1. The van der Waals surface area contributed by atoms with Gasteiger partial charge in [0.15, 0.2) is 11.8 Å². The fraction of sp³-hybridized carbons (Fsp3) is 0.766. The molecular weight excluding hydrogens is 751 g/mol. The molecule has 4 aliphatic heterocycles. The molecule has 10 unspecified atom stereocenters. The van der Waals surface area contributed by atoms with Crippen molar-refractivity contribution in [1.29, 1.82) is 0 Å². The Morgan fingerprint density at radius 3 is 2.34 bits per heavy atom. The number of aliphatic hydroxyl groups excluding tert-OH is 1. The maximum Gasteiger partial charge on any atom is 0.327 e. The topological polar surface area (TPSA) is 148 Å². The van der Waals surface area contributed by atoms with E-state index in [4.69, 9.17) is 28.9 Å². The summed E-state index contributed by atoms with van der Waals surface area (Å²) in [6, 6.07) is 7.48. The van der Waals surface area contributed by atoms with Crippen LogP contribution in [0.5, 0.6) is 0 Å². The molecule has 8 rings (SSSR count). The fourth-order valence-corrected chi connectivity index (χ4v) is 11.8. The summed E-state index contributed by atoms with van der Waals surface area (Å²) in [6.45, 7) is 11.8. The summed E-state index contributed by atoms with van der Waals surface area (Å²) in [6.07, 6.45) is 13.6. The lowest BCUT2D eigenvalue weighted by atomic mass is 9.52. The number of aliphatic hydroxyl groups is 1. The number of allylic oxidation sites excluding steroid dienone is 1. The predicted octanol–water partition coefficient (Wildman–Crippen LogP) is 6.52. The zero-order chi connectivity index (χ0) is 41.6. The van der Waals surface area contributed by atoms with Gasteiger partial charge in [-0.25, -0.2) is 0 Å². The summed E-state index contributed by atoms with van der Waals surface area (Å²) >= 11 is 0. The summed E-state index contributed by atoms with van der Waals surface area (Å²) in [7, 11) is 0. The molecule has 10 atom stereocenters. The van der Waals surface area contributed by atoms with Crippen LogP contribution in [0.2, 0.25) is 0 Å². The number of hydrogen-bond acceptors (Lipinski definition) is 10. The van der Waals surface area contributed by atoms with Crippen molar-refractivity contribution in [2.45, 2.75) is 185 Å². The van der Waals surface area contributed by atoms with Crippen LogP contribution in [-0.2, 0) is 44.7 Å². The standard InChI is InChI=1S/C47H69N3O9/c1-6-8-10-20-46(21-11-9-7-2)57-38-35-28-47(43(54)49-23-19-37(52)48-24-25-51)40(42(53)55-35)50(59-41(47)39(38)58-46)29-31-14-12-30(13-15-31)26-32-16-17-36-45(5,56-36)22-18-34-33(32)27-44(34,3)4/h12-15,26,33-36,38-41,51H,6-11,16-25,27-29H2,1-5H3,(H,48,52)(H,49,54). The van der Waals surface area contributed by atoms with Crippen molar-refractivity contribution in [2.24, 2.45) is 22.7 Å². The monoisotopic (exact) mass is 820 g/mol. The molecule has 7 fully saturated rings. The summed E-state index contributed by atoms with van der Waals surface area (Å²) in [5, 5.41) is 16.4. The molecule has 7 aliphatic rings. The third kappa shape index (κ3) is 8.28. The highest BCUT2D eigenvalue weighted by atomic mass is 16.8. The number of carbonyl (C=O) groups is 3. The van der Waals surface area contributed by atoms with Crippen LogP contribution in [0.1, 0.15) is 142 Å². The summed E-state index contributed by atoms with van der Waals surface area (Å²) < 4.78 is 26.3. The molecule has 1 aromatic rings. The number of hydrogen-bond donors (Lipinski definition) is 3. The Bertz CT molecular complexity index is 1720. The second-order valence-corrected chi connectivity index (χ2v) is 19.7. The number of ether oxygens (including phenoxy) is 4. The maximum atomic E-state index is 14.6. The quantitative estimate of drug-likeness (QED) is 0.0902. The zero-order valence-corrected chi connectivity index (χ0v) is 36.1. The van der Waals surface area contributed by atoms with E-state index >= 15 is 0 Å². The van der Waals surface area contributed by atoms with Crippen molar-refractivity contribution in [3.8, 4) is 0 Å². The van der Waals surface area contributed by atoms with Gasteiger partial charge in [-0.2, -0.15) is 5.06 Å². The van der Waals surface area contributed by atoms with Gasteiger partial charge < -0.3 is 34.7 Å². The normalized spacial score (nSPS) is 36.8. The molecule has 0 aromatic heterocycles. The number of carbonyl (C=O) groups excluding carboxylic acids is 3. The number of amides is 2. The Kier molecular flexibility index (Phi) is 12.4. The van der Waals surface area contributed by atoms with Crippen molar-refractivity contribution in [2.75, 3.05) is 19.7 Å². The highest BCUT2D eigenvalue weighted by Gasteiger charge is 2.76. The van der Waals surface area contributed by atoms with Gasteiger partial charge in [-0.05, 0) is 80.2 Å². The molecule has 3 aliphatic carbocycles. The predicted molar refractivity (Wildman–Crippen MR) is 221 cm³/mol. The van der Waals surface area contributed by atoms with Gasteiger partial charge in [-0.3, -0.25) is 19.2 Å². The minimum atomic E-state index is -1.31. The molecule has 2 bridgehead atoms. The Labute approximate surface area is 350 Å². The Balaban J connectivity index is 1.04. The minimum absolute atomic E-state index is 0.0364. The summed E-state index contributed by atoms with van der Waals surface area (Å²) in [5.41, 5.74) is 2.71. The number of hydroxylamine groups is 2. The Morgan fingerprint density at radius 1 is 0.915 bits per heavy atom. The molecule has 3 N–H and O–H groups in total. The first-order chi connectivity index (χ1) is 28.3. The molecule has 1 aromatic carbocycles. The van der Waals surface area contributed by atoms with E-state index in [0.29, 0.717) is 23.4 Å². The first-order valence-corrected chi connectivity index (χ1v) is 23.0. The number of epoxide rings is 1. The average molecular weight is 820 g/mol. The van der Waals surface area contributed by atoms with Crippen LogP contribution in [0.3, 0.4) is 0 Å². The molecule has 0 radical (unpaired) electrons. The van der Waals surface area contributed by atoms with Gasteiger partial charge in [-0.1, -0.05) is 89.3 Å². The van der Waals surface area contributed by atoms with Crippen molar-refractivity contribution in [3.05, 3.63) is 41.0 Å². The Morgan fingerprint density at radius 2 is 1.64 bits per heavy atom. The highest BCUT2D eigenvalue weighted by molar-refractivity contribution is 5.94. The van der Waals surface area contributed by atoms with Gasteiger partial charge in [0.1, 0.15) is 29.8 Å². The number of nitrogens with one attached hydrogen (secondary N) is 2. The van der Waals surface area contributed by atoms with Gasteiger partial charge in [-0.15, -0.1) is 0 Å². The molecule has 0 spiro atoms. The lowest BCUT2D eigenvalue weighted by Crippen LogP contribution is -2.69. The number of nitrogens with zero attached hydrogens (tertiary/aromatic N) is 1. The summed E-state index contributed by atoms with van der Waals surface area (Å²) in [5.74, 6) is -0.718. The first kappa shape index (κ1) is 42.8. The van der Waals surface area contributed by atoms with E-state index in [1.165, 1.54) is 18.4 Å². The smallest absolute Gasteiger partial charge is 0.327 e. The molecule has 4 saturated heterocycles. The van der Waals surface area contributed by atoms with E-state index in [1.807, 2.05) is 0 Å². The fourth-order valence-electron chi connectivity index (χ4n) is 11.8. The van der Waals surface area contributed by atoms with Gasteiger partial charge >= 0.3 is 5.97 Å². The van der Waals surface area contributed by atoms with Crippen LogP contribution in [0.4, 0.5) is 0 Å². The van der Waals surface area contributed by atoms with E-state index in [0.717, 1.165) is 81.8 Å². The van der Waals surface area contributed by atoms with Crippen LogP contribution in [-0.4, -0.2) is 95.6 Å². The van der Waals surface area contributed by atoms with Crippen LogP contribution in [0, 0.1) is 22.7 Å². The average Bonchev–Trinajstić information content (AvgIpc) is 3.49. The van der Waals surface area contributed by atoms with Gasteiger partial charge in [0.25, 0.3) is 0 Å². The lowest BCUT2D eigenvalue weighted by molar-refractivity contribution is -0.224. The van der Waals surface area contributed by atoms with Crippen molar-refractivity contribution in [3.63, 3.8) is 0 Å². The molecule has 2 amide bonds. The van der Waals surface area contributed by atoms with Gasteiger partial charge in [0, 0.05) is 38.8 Å². The second-order valence-electron chi connectivity index (χ2n) is 19.7. The first-order valence-electron chi connectivity index (χ1n) is 23.0. The molecule has 3 saturated carbocycles. The molecule has 12 nitrogen and oxygen atoms in total. The number of unbranched alkanes of at least 4 members (excludes halogenated alkanes) is 4. The van der Waals surface area contributed by atoms with E-state index in [9.17, 15) is 14.4 Å². The number of esters is 1. The van der Waals surface area contributed by atoms with Gasteiger partial charge in [0.05, 0.1) is 24.9 Å². The largest absolute Gasteiger partial charge is 0.458 e. The third-order valence-electron chi connectivity index (χ3n) is 15.1. The van der Waals surface area contributed by atoms with Crippen LogP contribution in [0.15, 0.2) is 29.8 Å². The maximum absolute atomic E-state index is 14.6. The second kappa shape index (κ2) is 17.1. The zero-order valence-electron chi connectivity index (χ0n) is 36.1. The van der Waals surface area contributed by atoms with Crippen molar-refractivity contribution >= 4 is 23.9 Å². The van der Waals surface area contributed by atoms with E-state index in [2.05, 4.69) is 75.6 Å². The van der Waals surface area contributed by atoms with E-state index in [-0.39, 0.29) is 56.5 Å². The van der Waals surface area contributed by atoms with Gasteiger partial charge in [0.2, 0.25) is 11.8 Å². The number of fused-ring (bicyclic) bond motifs is 6.